The normalized spacial score (nSPS) is 10.2. The van der Waals surface area contributed by atoms with Crippen LogP contribution in [0, 0.1) is 6.92 Å². The van der Waals surface area contributed by atoms with E-state index in [9.17, 15) is 0 Å². The van der Waals surface area contributed by atoms with Crippen LogP contribution in [0.5, 0.6) is 5.88 Å². The van der Waals surface area contributed by atoms with Crippen LogP contribution >= 0.6 is 0 Å². The second kappa shape index (κ2) is 6.04. The molecule has 2 aromatic rings. The molecule has 0 aliphatic heterocycles. The minimum atomic E-state index is 0.206. The maximum atomic E-state index is 5.60. The lowest BCUT2D eigenvalue weighted by atomic mass is 10.1. The number of nitrogens with zero attached hydrogens (tertiary/aromatic N) is 2. The van der Waals surface area contributed by atoms with Crippen LogP contribution in [0.25, 0.3) is 0 Å². The van der Waals surface area contributed by atoms with Gasteiger partial charge in [-0.3, -0.25) is 0 Å². The Hall–Kier alpha value is -2.30. The first kappa shape index (κ1) is 13.1. The van der Waals surface area contributed by atoms with Crippen LogP contribution in [-0.2, 0) is 6.42 Å². The number of hydrogen-bond donors (Lipinski definition) is 2. The molecule has 1 aromatic carbocycles. The maximum Gasteiger partial charge on any atom is 0.225 e. The number of hydrogen-bond acceptors (Lipinski definition) is 5. The summed E-state index contributed by atoms with van der Waals surface area (Å²) in [5, 5.41) is 3.22. The van der Waals surface area contributed by atoms with Gasteiger partial charge in [0.15, 0.2) is 0 Å². The Morgan fingerprint density at radius 2 is 2.05 bits per heavy atom. The van der Waals surface area contributed by atoms with E-state index in [2.05, 4.69) is 34.3 Å². The van der Waals surface area contributed by atoms with Crippen molar-refractivity contribution in [2.45, 2.75) is 13.3 Å². The molecule has 5 heteroatoms. The number of benzene rings is 1. The third kappa shape index (κ3) is 3.58. The van der Waals surface area contributed by atoms with Crippen molar-refractivity contribution in [3.05, 3.63) is 41.5 Å². The highest BCUT2D eigenvalue weighted by molar-refractivity contribution is 5.43. The van der Waals surface area contributed by atoms with Crippen LogP contribution in [0.2, 0.25) is 0 Å². The standard InChI is InChI=1S/C14H18N4O/c1-10-5-3-4-6-11(10)7-8-16-12-9-13(19-2)18-14(15)17-12/h3-6,9H,7-8H2,1-2H3,(H3,15,16,17,18). The highest BCUT2D eigenvalue weighted by Crippen LogP contribution is 2.14. The molecule has 5 nitrogen and oxygen atoms in total. The molecule has 0 bridgehead atoms. The third-order valence-corrected chi connectivity index (χ3v) is 2.89. The van der Waals surface area contributed by atoms with Crippen LogP contribution in [0.3, 0.4) is 0 Å². The van der Waals surface area contributed by atoms with Crippen molar-refractivity contribution in [3.8, 4) is 5.88 Å². The van der Waals surface area contributed by atoms with E-state index in [1.807, 2.05) is 12.1 Å². The predicted octanol–water partition coefficient (Wildman–Crippen LogP) is 2.03. The molecule has 0 amide bonds. The molecule has 1 heterocycles. The molecule has 0 aliphatic carbocycles. The topological polar surface area (TPSA) is 73.1 Å². The Morgan fingerprint density at radius 3 is 2.79 bits per heavy atom. The minimum Gasteiger partial charge on any atom is -0.481 e. The van der Waals surface area contributed by atoms with Gasteiger partial charge in [-0.05, 0) is 24.5 Å². The van der Waals surface area contributed by atoms with E-state index in [4.69, 9.17) is 10.5 Å². The van der Waals surface area contributed by atoms with Gasteiger partial charge >= 0.3 is 0 Å². The zero-order valence-electron chi connectivity index (χ0n) is 11.2. The van der Waals surface area contributed by atoms with Gasteiger partial charge in [0.1, 0.15) is 5.82 Å². The Balaban J connectivity index is 1.96. The highest BCUT2D eigenvalue weighted by Gasteiger charge is 2.02. The Kier molecular flexibility index (Phi) is 4.18. The zero-order valence-corrected chi connectivity index (χ0v) is 11.2. The largest absolute Gasteiger partial charge is 0.481 e. The number of rotatable bonds is 5. The Labute approximate surface area is 112 Å². The molecule has 0 unspecified atom stereocenters. The number of methoxy groups -OCH3 is 1. The van der Waals surface area contributed by atoms with Gasteiger partial charge in [0.2, 0.25) is 11.8 Å². The van der Waals surface area contributed by atoms with Crippen LogP contribution in [0.4, 0.5) is 11.8 Å². The SMILES string of the molecule is COc1cc(NCCc2ccccc2C)nc(N)n1. The molecule has 0 spiro atoms. The Bertz CT molecular complexity index is 557. The summed E-state index contributed by atoms with van der Waals surface area (Å²) in [6.45, 7) is 2.89. The van der Waals surface area contributed by atoms with Crippen LogP contribution in [0.1, 0.15) is 11.1 Å². The average Bonchev–Trinajstić information content (AvgIpc) is 2.40. The molecule has 100 valence electrons. The molecule has 0 radical (unpaired) electrons. The summed E-state index contributed by atoms with van der Waals surface area (Å²) in [6, 6.07) is 10.1. The summed E-state index contributed by atoms with van der Waals surface area (Å²) in [6.07, 6.45) is 0.929. The monoisotopic (exact) mass is 258 g/mol. The minimum absolute atomic E-state index is 0.206. The van der Waals surface area contributed by atoms with E-state index in [0.717, 1.165) is 13.0 Å². The van der Waals surface area contributed by atoms with Gasteiger partial charge in [0.25, 0.3) is 0 Å². The average molecular weight is 258 g/mol. The van der Waals surface area contributed by atoms with Crippen molar-refractivity contribution >= 4 is 11.8 Å². The fourth-order valence-corrected chi connectivity index (χ4v) is 1.85. The van der Waals surface area contributed by atoms with Crippen LogP contribution in [-0.4, -0.2) is 23.6 Å². The quantitative estimate of drug-likeness (QED) is 0.858. The number of nitrogens with one attached hydrogen (secondary N) is 1. The van der Waals surface area contributed by atoms with Gasteiger partial charge < -0.3 is 15.8 Å². The summed E-state index contributed by atoms with van der Waals surface area (Å²) in [4.78, 5) is 8.05. The number of ether oxygens (including phenoxy) is 1. The van der Waals surface area contributed by atoms with Crippen LogP contribution in [0.15, 0.2) is 30.3 Å². The van der Waals surface area contributed by atoms with Gasteiger partial charge in [0.05, 0.1) is 7.11 Å². The lowest BCUT2D eigenvalue weighted by molar-refractivity contribution is 0.398. The van der Waals surface area contributed by atoms with Crippen LogP contribution < -0.4 is 15.8 Å². The molecule has 0 saturated heterocycles. The van der Waals surface area contributed by atoms with Gasteiger partial charge in [0, 0.05) is 12.6 Å². The smallest absolute Gasteiger partial charge is 0.225 e. The van der Waals surface area contributed by atoms with E-state index in [1.54, 1.807) is 13.2 Å². The maximum absolute atomic E-state index is 5.60. The van der Waals surface area contributed by atoms with Crippen molar-refractivity contribution in [1.82, 2.24) is 9.97 Å². The summed E-state index contributed by atoms with van der Waals surface area (Å²) < 4.78 is 5.05. The second-order valence-corrected chi connectivity index (χ2v) is 4.26. The molecule has 0 atom stereocenters. The molecular weight excluding hydrogens is 240 g/mol. The van der Waals surface area contributed by atoms with Crippen molar-refractivity contribution in [1.29, 1.82) is 0 Å². The van der Waals surface area contributed by atoms with Crippen molar-refractivity contribution in [3.63, 3.8) is 0 Å². The van der Waals surface area contributed by atoms with E-state index >= 15 is 0 Å². The summed E-state index contributed by atoms with van der Waals surface area (Å²) >= 11 is 0. The first-order valence-corrected chi connectivity index (χ1v) is 6.16. The van der Waals surface area contributed by atoms with E-state index in [0.29, 0.717) is 11.7 Å². The molecule has 19 heavy (non-hydrogen) atoms. The van der Waals surface area contributed by atoms with E-state index in [1.165, 1.54) is 11.1 Å². The predicted molar refractivity (Wildman–Crippen MR) is 76.4 cm³/mol. The highest BCUT2D eigenvalue weighted by atomic mass is 16.5. The number of nitrogen functional groups attached to an aromatic ring is 1. The van der Waals surface area contributed by atoms with Crippen molar-refractivity contribution in [2.75, 3.05) is 24.7 Å². The summed E-state index contributed by atoms with van der Waals surface area (Å²) in [5.74, 6) is 1.35. The van der Waals surface area contributed by atoms with E-state index in [-0.39, 0.29) is 5.95 Å². The lowest BCUT2D eigenvalue weighted by Gasteiger charge is -2.09. The fraction of sp³-hybridized carbons (Fsp3) is 0.286. The number of anilines is 2. The van der Waals surface area contributed by atoms with Gasteiger partial charge in [-0.15, -0.1) is 0 Å². The molecule has 0 aliphatic rings. The third-order valence-electron chi connectivity index (χ3n) is 2.89. The number of aryl methyl sites for hydroxylation is 1. The molecule has 0 fully saturated rings. The van der Waals surface area contributed by atoms with Gasteiger partial charge in [-0.2, -0.15) is 9.97 Å². The molecular formula is C14H18N4O. The molecule has 3 N–H and O–H groups in total. The molecule has 2 rings (SSSR count). The first-order valence-electron chi connectivity index (χ1n) is 6.16. The lowest BCUT2D eigenvalue weighted by Crippen LogP contribution is -2.09. The van der Waals surface area contributed by atoms with Gasteiger partial charge in [-0.25, -0.2) is 0 Å². The number of nitrogens with two attached hydrogens (primary N) is 1. The van der Waals surface area contributed by atoms with Crippen molar-refractivity contribution < 1.29 is 4.74 Å². The van der Waals surface area contributed by atoms with E-state index < -0.39 is 0 Å². The molecule has 0 saturated carbocycles. The fourth-order valence-electron chi connectivity index (χ4n) is 1.85. The first-order chi connectivity index (χ1) is 9.19. The molecule has 1 aromatic heterocycles. The zero-order chi connectivity index (χ0) is 13.7. The Morgan fingerprint density at radius 1 is 1.26 bits per heavy atom. The second-order valence-electron chi connectivity index (χ2n) is 4.26. The summed E-state index contributed by atoms with van der Waals surface area (Å²) in [7, 11) is 1.55. The van der Waals surface area contributed by atoms with Gasteiger partial charge in [-0.1, -0.05) is 24.3 Å². The van der Waals surface area contributed by atoms with Crippen molar-refractivity contribution in [2.24, 2.45) is 0 Å². The summed E-state index contributed by atoms with van der Waals surface area (Å²) in [5.41, 5.74) is 8.22. The number of aromatic nitrogens is 2.